The first-order chi connectivity index (χ1) is 9.95. The number of nitrogens with zero attached hydrogens (tertiary/aromatic N) is 4. The van der Waals surface area contributed by atoms with Crippen LogP contribution < -0.4 is 0 Å². The van der Waals surface area contributed by atoms with E-state index in [0.717, 1.165) is 18.5 Å². The van der Waals surface area contributed by atoms with E-state index in [1.807, 2.05) is 6.92 Å². The predicted molar refractivity (Wildman–Crippen MR) is 77.9 cm³/mol. The SMILES string of the molecule is Cc1cnc(-c2cnc([C@@H]3CCCN3S(C)(=O)=O)cn2)[nH]1. The molecule has 1 fully saturated rings. The first kappa shape index (κ1) is 14.2. The van der Waals surface area contributed by atoms with Crippen LogP contribution in [0.25, 0.3) is 11.5 Å². The Morgan fingerprint density at radius 2 is 2.05 bits per heavy atom. The van der Waals surface area contributed by atoms with Gasteiger partial charge in [0.05, 0.1) is 30.4 Å². The average Bonchev–Trinajstić information content (AvgIpc) is 3.07. The molecule has 1 atom stereocenters. The van der Waals surface area contributed by atoms with Crippen LogP contribution in [0.3, 0.4) is 0 Å². The van der Waals surface area contributed by atoms with Gasteiger partial charge in [-0.3, -0.25) is 4.98 Å². The summed E-state index contributed by atoms with van der Waals surface area (Å²) < 4.78 is 25.0. The molecule has 7 nitrogen and oxygen atoms in total. The molecule has 1 N–H and O–H groups in total. The van der Waals surface area contributed by atoms with Gasteiger partial charge in [-0.25, -0.2) is 18.4 Å². The minimum atomic E-state index is -3.21. The summed E-state index contributed by atoms with van der Waals surface area (Å²) in [5.74, 6) is 0.665. The monoisotopic (exact) mass is 307 g/mol. The smallest absolute Gasteiger partial charge is 0.211 e. The molecule has 1 saturated heterocycles. The highest BCUT2D eigenvalue weighted by atomic mass is 32.2. The number of aryl methyl sites for hydroxylation is 1. The van der Waals surface area contributed by atoms with Crippen LogP contribution in [0.4, 0.5) is 0 Å². The minimum Gasteiger partial charge on any atom is -0.341 e. The molecule has 112 valence electrons. The quantitative estimate of drug-likeness (QED) is 0.922. The van der Waals surface area contributed by atoms with Crippen molar-refractivity contribution in [2.24, 2.45) is 0 Å². The molecule has 0 aliphatic carbocycles. The third-order valence-electron chi connectivity index (χ3n) is 3.59. The fourth-order valence-corrected chi connectivity index (χ4v) is 3.74. The number of H-pyrrole nitrogens is 1. The lowest BCUT2D eigenvalue weighted by molar-refractivity contribution is 0.393. The molecule has 0 unspecified atom stereocenters. The fraction of sp³-hybridized carbons (Fsp3) is 0.462. The van der Waals surface area contributed by atoms with E-state index in [1.54, 1.807) is 18.6 Å². The van der Waals surface area contributed by atoms with Crippen LogP contribution in [0.1, 0.15) is 30.3 Å². The first-order valence-electron chi connectivity index (χ1n) is 6.76. The lowest BCUT2D eigenvalue weighted by Crippen LogP contribution is -2.29. The van der Waals surface area contributed by atoms with Gasteiger partial charge in [0, 0.05) is 18.4 Å². The summed E-state index contributed by atoms with van der Waals surface area (Å²) in [7, 11) is -3.21. The maximum Gasteiger partial charge on any atom is 0.211 e. The summed E-state index contributed by atoms with van der Waals surface area (Å²) in [4.78, 5) is 16.0. The highest BCUT2D eigenvalue weighted by Gasteiger charge is 2.33. The number of sulfonamides is 1. The molecule has 2 aromatic heterocycles. The van der Waals surface area contributed by atoms with Crippen molar-refractivity contribution in [2.45, 2.75) is 25.8 Å². The second-order valence-electron chi connectivity index (χ2n) is 5.27. The van der Waals surface area contributed by atoms with Gasteiger partial charge < -0.3 is 4.98 Å². The third-order valence-corrected chi connectivity index (χ3v) is 4.88. The van der Waals surface area contributed by atoms with Crippen molar-refractivity contribution >= 4 is 10.0 Å². The Morgan fingerprint density at radius 3 is 2.62 bits per heavy atom. The zero-order valence-electron chi connectivity index (χ0n) is 11.9. The number of aromatic amines is 1. The Balaban J connectivity index is 1.87. The largest absolute Gasteiger partial charge is 0.341 e. The van der Waals surface area contributed by atoms with Crippen molar-refractivity contribution in [1.29, 1.82) is 0 Å². The maximum absolute atomic E-state index is 11.8. The molecule has 0 radical (unpaired) electrons. The van der Waals surface area contributed by atoms with E-state index in [-0.39, 0.29) is 6.04 Å². The molecule has 0 saturated carbocycles. The Bertz CT molecular complexity index is 738. The molecule has 0 aromatic carbocycles. The van der Waals surface area contributed by atoms with Gasteiger partial charge in [0.2, 0.25) is 10.0 Å². The Morgan fingerprint density at radius 1 is 1.24 bits per heavy atom. The van der Waals surface area contributed by atoms with Crippen molar-refractivity contribution < 1.29 is 8.42 Å². The maximum atomic E-state index is 11.8. The van der Waals surface area contributed by atoms with Crippen LogP contribution in [0.15, 0.2) is 18.6 Å². The molecule has 8 heteroatoms. The molecular weight excluding hydrogens is 290 g/mol. The third kappa shape index (κ3) is 2.81. The fourth-order valence-electron chi connectivity index (χ4n) is 2.61. The van der Waals surface area contributed by atoms with Crippen molar-refractivity contribution in [2.75, 3.05) is 12.8 Å². The second kappa shape index (κ2) is 5.19. The van der Waals surface area contributed by atoms with Crippen molar-refractivity contribution in [3.05, 3.63) is 30.0 Å². The molecule has 0 spiro atoms. The number of aromatic nitrogens is 4. The molecule has 0 amide bonds. The van der Waals surface area contributed by atoms with Gasteiger partial charge in [-0.1, -0.05) is 0 Å². The minimum absolute atomic E-state index is 0.208. The zero-order chi connectivity index (χ0) is 15.0. The second-order valence-corrected chi connectivity index (χ2v) is 7.21. The van der Waals surface area contributed by atoms with Crippen LogP contribution in [0, 0.1) is 6.92 Å². The highest BCUT2D eigenvalue weighted by molar-refractivity contribution is 7.88. The number of rotatable bonds is 3. The van der Waals surface area contributed by atoms with Crippen molar-refractivity contribution in [3.8, 4) is 11.5 Å². The number of hydrogen-bond acceptors (Lipinski definition) is 5. The van der Waals surface area contributed by atoms with E-state index in [0.29, 0.717) is 23.8 Å². The van der Waals surface area contributed by atoms with Crippen LogP contribution in [0.5, 0.6) is 0 Å². The van der Waals surface area contributed by atoms with Gasteiger partial charge in [0.25, 0.3) is 0 Å². The summed E-state index contributed by atoms with van der Waals surface area (Å²) in [5, 5.41) is 0. The van der Waals surface area contributed by atoms with Gasteiger partial charge in [0.1, 0.15) is 5.69 Å². The molecule has 21 heavy (non-hydrogen) atoms. The van der Waals surface area contributed by atoms with Crippen LogP contribution >= 0.6 is 0 Å². The molecule has 0 bridgehead atoms. The van der Waals surface area contributed by atoms with Gasteiger partial charge >= 0.3 is 0 Å². The molecular formula is C13H17N5O2S. The molecule has 1 aliphatic rings. The Hall–Kier alpha value is -1.80. The molecule has 3 heterocycles. The van der Waals surface area contributed by atoms with Crippen molar-refractivity contribution in [1.82, 2.24) is 24.2 Å². The summed E-state index contributed by atoms with van der Waals surface area (Å²) in [6.07, 6.45) is 7.86. The van der Waals surface area contributed by atoms with E-state index >= 15 is 0 Å². The van der Waals surface area contributed by atoms with E-state index in [2.05, 4.69) is 19.9 Å². The van der Waals surface area contributed by atoms with Gasteiger partial charge in [-0.05, 0) is 19.8 Å². The summed E-state index contributed by atoms with van der Waals surface area (Å²) in [5.41, 5.74) is 2.29. The van der Waals surface area contributed by atoms with Crippen molar-refractivity contribution in [3.63, 3.8) is 0 Å². The summed E-state index contributed by atoms with van der Waals surface area (Å²) >= 11 is 0. The number of hydrogen-bond donors (Lipinski definition) is 1. The van der Waals surface area contributed by atoms with E-state index in [9.17, 15) is 8.42 Å². The van der Waals surface area contributed by atoms with Gasteiger partial charge in [0.15, 0.2) is 5.82 Å². The van der Waals surface area contributed by atoms with E-state index in [4.69, 9.17) is 0 Å². The molecule has 3 rings (SSSR count). The first-order valence-corrected chi connectivity index (χ1v) is 8.61. The normalized spacial score (nSPS) is 20.0. The lowest BCUT2D eigenvalue weighted by atomic mass is 10.2. The van der Waals surface area contributed by atoms with Crippen LogP contribution in [-0.2, 0) is 10.0 Å². The van der Waals surface area contributed by atoms with E-state index < -0.39 is 10.0 Å². The standard InChI is InChI=1S/C13H17N5O2S/c1-9-6-16-13(17-9)11-8-14-10(7-15-11)12-4-3-5-18(12)21(2,19)20/h6-8,12H,3-5H2,1-2H3,(H,16,17)/t12-/m0/s1. The van der Waals surface area contributed by atoms with Crippen LogP contribution in [0.2, 0.25) is 0 Å². The number of nitrogens with one attached hydrogen (secondary N) is 1. The lowest BCUT2D eigenvalue weighted by Gasteiger charge is -2.21. The summed E-state index contributed by atoms with van der Waals surface area (Å²) in [6.45, 7) is 2.46. The van der Waals surface area contributed by atoms with E-state index in [1.165, 1.54) is 10.6 Å². The summed E-state index contributed by atoms with van der Waals surface area (Å²) in [6, 6.07) is -0.208. The molecule has 2 aromatic rings. The molecule has 1 aliphatic heterocycles. The number of imidazole rings is 1. The average molecular weight is 307 g/mol. The van der Waals surface area contributed by atoms with Crippen LogP contribution in [-0.4, -0.2) is 45.5 Å². The Kier molecular flexibility index (Phi) is 3.50. The Labute approximate surface area is 123 Å². The van der Waals surface area contributed by atoms with Gasteiger partial charge in [-0.15, -0.1) is 0 Å². The van der Waals surface area contributed by atoms with Gasteiger partial charge in [-0.2, -0.15) is 4.31 Å². The zero-order valence-corrected chi connectivity index (χ0v) is 12.8. The predicted octanol–water partition coefficient (Wildman–Crippen LogP) is 1.27. The topological polar surface area (TPSA) is 91.8 Å². The highest BCUT2D eigenvalue weighted by Crippen LogP contribution is 2.32.